The molecule has 1 atom stereocenters. The summed E-state index contributed by atoms with van der Waals surface area (Å²) in [6.45, 7) is 5.63. The molecule has 3 N–H and O–H groups in total. The topological polar surface area (TPSA) is 67.1 Å². The molecule has 0 spiro atoms. The number of aromatic nitrogens is 2. The molecule has 1 aliphatic heterocycles. The van der Waals surface area contributed by atoms with Crippen LogP contribution < -0.4 is 11.1 Å². The minimum absolute atomic E-state index is 0.366. The monoisotopic (exact) mass is 227 g/mol. The van der Waals surface area contributed by atoms with Crippen molar-refractivity contribution in [3.8, 4) is 0 Å². The Kier molecular flexibility index (Phi) is 3.37. The maximum Gasteiger partial charge on any atom is 0.233 e. The van der Waals surface area contributed by atoms with Crippen LogP contribution in [-0.4, -0.2) is 39.9 Å². The molecule has 2 rings (SSSR count). The molecule has 0 amide bonds. The third kappa shape index (κ3) is 2.79. The van der Waals surface area contributed by atoms with Gasteiger partial charge in [-0.2, -0.15) is 9.36 Å². The van der Waals surface area contributed by atoms with Gasteiger partial charge < -0.3 is 16.0 Å². The molecule has 0 aromatic carbocycles. The summed E-state index contributed by atoms with van der Waals surface area (Å²) in [5, 5.41) is 4.23. The number of hydrogen-bond donors (Lipinski definition) is 2. The first kappa shape index (κ1) is 10.6. The van der Waals surface area contributed by atoms with Gasteiger partial charge >= 0.3 is 0 Å². The fourth-order valence-corrected chi connectivity index (χ4v) is 2.50. The van der Waals surface area contributed by atoms with Crippen LogP contribution in [0.1, 0.15) is 19.8 Å². The van der Waals surface area contributed by atoms with Crippen LogP contribution in [0.25, 0.3) is 0 Å². The summed E-state index contributed by atoms with van der Waals surface area (Å²) in [4.78, 5) is 6.56. The van der Waals surface area contributed by atoms with E-state index < -0.39 is 0 Å². The maximum atomic E-state index is 5.47. The van der Waals surface area contributed by atoms with Gasteiger partial charge in [0.05, 0.1) is 0 Å². The number of nitrogen functional groups attached to an aromatic ring is 1. The Morgan fingerprint density at radius 3 is 3.20 bits per heavy atom. The number of piperidine rings is 1. The van der Waals surface area contributed by atoms with E-state index in [2.05, 4.69) is 26.5 Å². The van der Waals surface area contributed by atoms with Crippen LogP contribution >= 0.6 is 11.5 Å². The van der Waals surface area contributed by atoms with E-state index in [1.54, 1.807) is 0 Å². The van der Waals surface area contributed by atoms with E-state index in [4.69, 9.17) is 5.73 Å². The predicted octanol–water partition coefficient (Wildman–Crippen LogP) is 1.02. The number of nitrogens with zero attached hydrogens (tertiary/aromatic N) is 3. The van der Waals surface area contributed by atoms with Crippen molar-refractivity contribution in [1.82, 2.24) is 14.3 Å². The molecule has 5 nitrogen and oxygen atoms in total. The number of anilines is 2. The van der Waals surface area contributed by atoms with Crippen molar-refractivity contribution in [2.45, 2.75) is 25.8 Å². The summed E-state index contributed by atoms with van der Waals surface area (Å²) in [5.74, 6) is 0.366. The number of hydrogen-bond acceptors (Lipinski definition) is 6. The Morgan fingerprint density at radius 1 is 1.67 bits per heavy atom. The van der Waals surface area contributed by atoms with E-state index in [1.807, 2.05) is 0 Å². The van der Waals surface area contributed by atoms with Crippen molar-refractivity contribution >= 4 is 22.6 Å². The molecule has 1 aliphatic rings. The smallest absolute Gasteiger partial charge is 0.233 e. The Bertz CT molecular complexity index is 313. The minimum atomic E-state index is 0.366. The minimum Gasteiger partial charge on any atom is -0.367 e. The molecule has 6 heteroatoms. The fraction of sp³-hybridized carbons (Fsp3) is 0.778. The second kappa shape index (κ2) is 4.76. The lowest BCUT2D eigenvalue weighted by atomic mass is 10.1. The van der Waals surface area contributed by atoms with Gasteiger partial charge in [-0.05, 0) is 25.9 Å². The number of nitrogens with one attached hydrogen (secondary N) is 1. The zero-order valence-electron chi connectivity index (χ0n) is 8.94. The van der Waals surface area contributed by atoms with Gasteiger partial charge in [0.25, 0.3) is 0 Å². The van der Waals surface area contributed by atoms with Gasteiger partial charge in [0.15, 0.2) is 0 Å². The van der Waals surface area contributed by atoms with Crippen LogP contribution in [0.5, 0.6) is 0 Å². The van der Waals surface area contributed by atoms with E-state index in [1.165, 1.54) is 30.9 Å². The molecule has 1 unspecified atom stereocenters. The number of rotatable bonds is 3. The lowest BCUT2D eigenvalue weighted by Crippen LogP contribution is -2.41. The van der Waals surface area contributed by atoms with Gasteiger partial charge in [-0.3, -0.25) is 0 Å². The molecule has 84 valence electrons. The van der Waals surface area contributed by atoms with Crippen LogP contribution in [0.15, 0.2) is 0 Å². The van der Waals surface area contributed by atoms with Crippen LogP contribution in [0.3, 0.4) is 0 Å². The van der Waals surface area contributed by atoms with Crippen molar-refractivity contribution in [2.24, 2.45) is 0 Å². The van der Waals surface area contributed by atoms with Crippen LogP contribution in [-0.2, 0) is 0 Å². The van der Waals surface area contributed by atoms with Gasteiger partial charge in [0, 0.05) is 24.1 Å². The Hall–Kier alpha value is -0.880. The van der Waals surface area contributed by atoms with Crippen molar-refractivity contribution in [1.29, 1.82) is 0 Å². The van der Waals surface area contributed by atoms with Gasteiger partial charge in [0.2, 0.25) is 11.1 Å². The summed E-state index contributed by atoms with van der Waals surface area (Å²) >= 11 is 1.34. The van der Waals surface area contributed by atoms with E-state index >= 15 is 0 Å². The van der Waals surface area contributed by atoms with Crippen molar-refractivity contribution in [3.63, 3.8) is 0 Å². The van der Waals surface area contributed by atoms with Gasteiger partial charge in [-0.1, -0.05) is 6.92 Å². The van der Waals surface area contributed by atoms with E-state index in [9.17, 15) is 0 Å². The zero-order chi connectivity index (χ0) is 10.7. The molecule has 0 saturated carbocycles. The standard InChI is InChI=1S/C9H17N5S/c1-2-14-5-3-4-7(6-14)11-9-12-8(10)13-15-9/h7H,2-6H2,1H3,(H3,10,11,12,13). The lowest BCUT2D eigenvalue weighted by Gasteiger charge is -2.31. The van der Waals surface area contributed by atoms with Gasteiger partial charge in [-0.15, -0.1) is 0 Å². The first-order valence-electron chi connectivity index (χ1n) is 5.36. The zero-order valence-corrected chi connectivity index (χ0v) is 9.76. The van der Waals surface area contributed by atoms with Gasteiger partial charge in [0.1, 0.15) is 0 Å². The molecule has 1 aromatic rings. The van der Waals surface area contributed by atoms with Crippen molar-refractivity contribution < 1.29 is 0 Å². The molecule has 0 aliphatic carbocycles. The second-order valence-electron chi connectivity index (χ2n) is 3.83. The third-order valence-corrected chi connectivity index (χ3v) is 3.38. The highest BCUT2D eigenvalue weighted by Crippen LogP contribution is 2.18. The first-order valence-corrected chi connectivity index (χ1v) is 6.13. The molecule has 2 heterocycles. The van der Waals surface area contributed by atoms with Crippen LogP contribution in [0.2, 0.25) is 0 Å². The summed E-state index contributed by atoms with van der Waals surface area (Å²) < 4.78 is 3.95. The maximum absolute atomic E-state index is 5.47. The molecule has 15 heavy (non-hydrogen) atoms. The highest BCUT2D eigenvalue weighted by molar-refractivity contribution is 7.09. The van der Waals surface area contributed by atoms with E-state index in [-0.39, 0.29) is 0 Å². The third-order valence-electron chi connectivity index (χ3n) is 2.72. The van der Waals surface area contributed by atoms with Crippen molar-refractivity contribution in [3.05, 3.63) is 0 Å². The Labute approximate surface area is 93.9 Å². The molecule has 1 fully saturated rings. The molecule has 1 saturated heterocycles. The van der Waals surface area contributed by atoms with Gasteiger partial charge in [-0.25, -0.2) is 0 Å². The summed E-state index contributed by atoms with van der Waals surface area (Å²) in [6, 6.07) is 0.492. The van der Waals surface area contributed by atoms with E-state index in [0.29, 0.717) is 12.0 Å². The van der Waals surface area contributed by atoms with Crippen LogP contribution in [0, 0.1) is 0 Å². The fourth-order valence-electron chi connectivity index (χ4n) is 1.93. The summed E-state index contributed by atoms with van der Waals surface area (Å²) in [5.41, 5.74) is 5.47. The SMILES string of the molecule is CCN1CCCC(Nc2nc(N)ns2)C1. The van der Waals surface area contributed by atoms with Crippen LogP contribution in [0.4, 0.5) is 11.1 Å². The Morgan fingerprint density at radius 2 is 2.53 bits per heavy atom. The van der Waals surface area contributed by atoms with E-state index in [0.717, 1.165) is 18.2 Å². The quantitative estimate of drug-likeness (QED) is 0.807. The molecular formula is C9H17N5S. The summed E-state index contributed by atoms with van der Waals surface area (Å²) in [7, 11) is 0. The second-order valence-corrected chi connectivity index (χ2v) is 4.59. The average molecular weight is 227 g/mol. The number of nitrogens with two attached hydrogens (primary N) is 1. The molecular weight excluding hydrogens is 210 g/mol. The highest BCUT2D eigenvalue weighted by atomic mass is 32.1. The summed E-state index contributed by atoms with van der Waals surface area (Å²) in [6.07, 6.45) is 2.45. The largest absolute Gasteiger partial charge is 0.367 e. The normalized spacial score (nSPS) is 22.9. The number of likely N-dealkylation sites (N-methyl/N-ethyl adjacent to an activating group) is 1. The molecule has 0 bridgehead atoms. The number of likely N-dealkylation sites (tertiary alicyclic amines) is 1. The lowest BCUT2D eigenvalue weighted by molar-refractivity contribution is 0.227. The first-order chi connectivity index (χ1) is 7.28. The Balaban J connectivity index is 1.88. The predicted molar refractivity (Wildman–Crippen MR) is 63.1 cm³/mol. The average Bonchev–Trinajstić information content (AvgIpc) is 2.64. The highest BCUT2D eigenvalue weighted by Gasteiger charge is 2.19. The van der Waals surface area contributed by atoms with Crippen molar-refractivity contribution in [2.75, 3.05) is 30.7 Å². The molecule has 1 aromatic heterocycles. The molecule has 0 radical (unpaired) electrons.